The first-order chi connectivity index (χ1) is 6.74. The molecule has 1 heterocycles. The third kappa shape index (κ3) is 3.43. The summed E-state index contributed by atoms with van der Waals surface area (Å²) >= 11 is 1.48. The van der Waals surface area contributed by atoms with E-state index in [0.717, 1.165) is 17.8 Å². The Labute approximate surface area is 87.5 Å². The Bertz CT molecular complexity index is 298. The van der Waals surface area contributed by atoms with Crippen molar-refractivity contribution in [2.45, 2.75) is 19.8 Å². The van der Waals surface area contributed by atoms with Gasteiger partial charge in [-0.05, 0) is 26.3 Å². The summed E-state index contributed by atoms with van der Waals surface area (Å²) in [6.07, 6.45) is 1.86. The second-order valence-electron chi connectivity index (χ2n) is 3.00. The third-order valence-corrected chi connectivity index (χ3v) is 2.54. The highest BCUT2D eigenvalue weighted by molar-refractivity contribution is 7.09. The number of nitrogens with two attached hydrogens (primary N) is 1. The molecule has 0 radical (unpaired) electrons. The molecule has 3 N–H and O–H groups in total. The van der Waals surface area contributed by atoms with E-state index in [4.69, 9.17) is 5.73 Å². The summed E-state index contributed by atoms with van der Waals surface area (Å²) < 4.78 is 0. The minimum absolute atomic E-state index is 0.0913. The van der Waals surface area contributed by atoms with E-state index in [9.17, 15) is 4.79 Å². The van der Waals surface area contributed by atoms with Gasteiger partial charge in [-0.15, -0.1) is 11.3 Å². The number of hydrogen-bond donors (Lipinski definition) is 2. The molecule has 1 aromatic rings. The van der Waals surface area contributed by atoms with Crippen molar-refractivity contribution < 1.29 is 4.79 Å². The number of unbranched alkanes of at least 4 members (excludes halogenated alkanes) is 1. The zero-order valence-electron chi connectivity index (χ0n) is 8.25. The van der Waals surface area contributed by atoms with E-state index in [2.05, 4.69) is 10.3 Å². The maximum Gasteiger partial charge on any atom is 0.270 e. The van der Waals surface area contributed by atoms with Crippen molar-refractivity contribution in [2.75, 3.05) is 13.1 Å². The van der Waals surface area contributed by atoms with Crippen molar-refractivity contribution in [1.29, 1.82) is 0 Å². The minimum Gasteiger partial charge on any atom is -0.351 e. The molecular formula is C9H15N3OS. The molecule has 0 saturated carbocycles. The van der Waals surface area contributed by atoms with Crippen LogP contribution in [0.1, 0.15) is 28.3 Å². The number of aryl methyl sites for hydroxylation is 1. The molecule has 5 heteroatoms. The van der Waals surface area contributed by atoms with Crippen molar-refractivity contribution in [3.63, 3.8) is 0 Å². The lowest BCUT2D eigenvalue weighted by Crippen LogP contribution is -2.25. The molecule has 0 fully saturated rings. The topological polar surface area (TPSA) is 68.0 Å². The standard InChI is InChI=1S/C9H15N3OS/c1-7-12-8(6-14-7)9(13)11-5-3-2-4-10/h6H,2-5,10H2,1H3,(H,11,13). The monoisotopic (exact) mass is 213 g/mol. The third-order valence-electron chi connectivity index (χ3n) is 1.77. The van der Waals surface area contributed by atoms with Gasteiger partial charge in [0.1, 0.15) is 5.69 Å². The molecular weight excluding hydrogens is 198 g/mol. The van der Waals surface area contributed by atoms with Crippen LogP contribution in [0.15, 0.2) is 5.38 Å². The lowest BCUT2D eigenvalue weighted by Gasteiger charge is -2.01. The van der Waals surface area contributed by atoms with Crippen LogP contribution in [-0.4, -0.2) is 24.0 Å². The molecule has 4 nitrogen and oxygen atoms in total. The maximum atomic E-state index is 11.4. The van der Waals surface area contributed by atoms with Gasteiger partial charge in [0.2, 0.25) is 0 Å². The van der Waals surface area contributed by atoms with E-state index >= 15 is 0 Å². The quantitative estimate of drug-likeness (QED) is 0.715. The molecule has 0 aliphatic heterocycles. The Morgan fingerprint density at radius 1 is 1.64 bits per heavy atom. The Kier molecular flexibility index (Phi) is 4.55. The highest BCUT2D eigenvalue weighted by Crippen LogP contribution is 2.07. The van der Waals surface area contributed by atoms with Crippen LogP contribution in [0.5, 0.6) is 0 Å². The Morgan fingerprint density at radius 3 is 3.00 bits per heavy atom. The van der Waals surface area contributed by atoms with Crippen LogP contribution in [0.2, 0.25) is 0 Å². The first-order valence-electron chi connectivity index (χ1n) is 4.64. The summed E-state index contributed by atoms with van der Waals surface area (Å²) in [5.41, 5.74) is 5.85. The van der Waals surface area contributed by atoms with E-state index in [0.29, 0.717) is 18.8 Å². The number of aromatic nitrogens is 1. The molecule has 14 heavy (non-hydrogen) atoms. The smallest absolute Gasteiger partial charge is 0.270 e. The Morgan fingerprint density at radius 2 is 2.43 bits per heavy atom. The van der Waals surface area contributed by atoms with Gasteiger partial charge in [-0.25, -0.2) is 4.98 Å². The largest absolute Gasteiger partial charge is 0.351 e. The Balaban J connectivity index is 2.29. The van der Waals surface area contributed by atoms with E-state index < -0.39 is 0 Å². The molecule has 0 aliphatic carbocycles. The summed E-state index contributed by atoms with van der Waals surface area (Å²) in [4.78, 5) is 15.5. The molecule has 78 valence electrons. The second-order valence-corrected chi connectivity index (χ2v) is 4.07. The van der Waals surface area contributed by atoms with Gasteiger partial charge in [0.15, 0.2) is 0 Å². The summed E-state index contributed by atoms with van der Waals surface area (Å²) in [5, 5.41) is 5.48. The predicted octanol–water partition coefficient (Wildman–Crippen LogP) is 0.920. The Hall–Kier alpha value is -0.940. The van der Waals surface area contributed by atoms with Gasteiger partial charge >= 0.3 is 0 Å². The van der Waals surface area contributed by atoms with Crippen LogP contribution >= 0.6 is 11.3 Å². The fourth-order valence-corrected chi connectivity index (χ4v) is 1.62. The van der Waals surface area contributed by atoms with E-state index in [1.165, 1.54) is 11.3 Å². The second kappa shape index (κ2) is 5.72. The number of amides is 1. The van der Waals surface area contributed by atoms with Gasteiger partial charge < -0.3 is 11.1 Å². The summed E-state index contributed by atoms with van der Waals surface area (Å²) in [7, 11) is 0. The van der Waals surface area contributed by atoms with Crippen molar-refractivity contribution in [3.8, 4) is 0 Å². The highest BCUT2D eigenvalue weighted by atomic mass is 32.1. The number of carbonyl (C=O) groups excluding carboxylic acids is 1. The highest BCUT2D eigenvalue weighted by Gasteiger charge is 2.07. The number of carbonyl (C=O) groups is 1. The molecule has 1 aromatic heterocycles. The minimum atomic E-state index is -0.0913. The van der Waals surface area contributed by atoms with Gasteiger partial charge in [-0.2, -0.15) is 0 Å². The number of hydrogen-bond acceptors (Lipinski definition) is 4. The van der Waals surface area contributed by atoms with Gasteiger partial charge in [0.25, 0.3) is 5.91 Å². The lowest BCUT2D eigenvalue weighted by atomic mass is 10.3. The van der Waals surface area contributed by atoms with Crippen LogP contribution in [0.4, 0.5) is 0 Å². The predicted molar refractivity (Wildman–Crippen MR) is 57.5 cm³/mol. The van der Waals surface area contributed by atoms with E-state index in [-0.39, 0.29) is 5.91 Å². The summed E-state index contributed by atoms with van der Waals surface area (Å²) in [5.74, 6) is -0.0913. The summed E-state index contributed by atoms with van der Waals surface area (Å²) in [6, 6.07) is 0. The normalized spacial score (nSPS) is 10.1. The number of thiazole rings is 1. The first-order valence-corrected chi connectivity index (χ1v) is 5.52. The van der Waals surface area contributed by atoms with Gasteiger partial charge in [0.05, 0.1) is 5.01 Å². The number of rotatable bonds is 5. The van der Waals surface area contributed by atoms with Crippen LogP contribution in [-0.2, 0) is 0 Å². The SMILES string of the molecule is Cc1nc(C(=O)NCCCCN)cs1. The zero-order valence-corrected chi connectivity index (χ0v) is 9.06. The van der Waals surface area contributed by atoms with Gasteiger partial charge in [-0.1, -0.05) is 0 Å². The average Bonchev–Trinajstić information content (AvgIpc) is 2.59. The van der Waals surface area contributed by atoms with Gasteiger partial charge in [0, 0.05) is 11.9 Å². The van der Waals surface area contributed by atoms with Crippen molar-refractivity contribution in [1.82, 2.24) is 10.3 Å². The lowest BCUT2D eigenvalue weighted by molar-refractivity contribution is 0.0948. The molecule has 0 unspecified atom stereocenters. The van der Waals surface area contributed by atoms with E-state index in [1.54, 1.807) is 5.38 Å². The van der Waals surface area contributed by atoms with Crippen LogP contribution in [0.3, 0.4) is 0 Å². The zero-order chi connectivity index (χ0) is 10.4. The fourth-order valence-electron chi connectivity index (χ4n) is 1.03. The molecule has 1 amide bonds. The molecule has 1 rings (SSSR count). The number of nitrogens with zero attached hydrogens (tertiary/aromatic N) is 1. The van der Waals surface area contributed by atoms with Crippen molar-refractivity contribution in [3.05, 3.63) is 16.1 Å². The molecule has 0 aliphatic rings. The molecule has 0 bridgehead atoms. The fraction of sp³-hybridized carbons (Fsp3) is 0.556. The van der Waals surface area contributed by atoms with Gasteiger partial charge in [-0.3, -0.25) is 4.79 Å². The molecule has 0 aromatic carbocycles. The molecule has 0 atom stereocenters. The van der Waals surface area contributed by atoms with E-state index in [1.807, 2.05) is 6.92 Å². The molecule has 0 spiro atoms. The first kappa shape index (κ1) is 11.1. The van der Waals surface area contributed by atoms with Crippen LogP contribution < -0.4 is 11.1 Å². The van der Waals surface area contributed by atoms with Crippen LogP contribution in [0, 0.1) is 6.92 Å². The summed E-state index contributed by atoms with van der Waals surface area (Å²) in [6.45, 7) is 3.23. The number of nitrogens with one attached hydrogen (secondary N) is 1. The van der Waals surface area contributed by atoms with Crippen LogP contribution in [0.25, 0.3) is 0 Å². The van der Waals surface area contributed by atoms with Crippen molar-refractivity contribution in [2.24, 2.45) is 5.73 Å². The average molecular weight is 213 g/mol. The molecule has 0 saturated heterocycles. The maximum absolute atomic E-state index is 11.4. The van der Waals surface area contributed by atoms with Crippen molar-refractivity contribution >= 4 is 17.2 Å².